The van der Waals surface area contributed by atoms with Gasteiger partial charge in [-0.25, -0.2) is 0 Å². The average molecular weight is 194 g/mol. The van der Waals surface area contributed by atoms with Crippen molar-refractivity contribution in [3.8, 4) is 0 Å². The molecule has 0 aliphatic carbocycles. The molecule has 0 saturated heterocycles. The molecular weight excluding hydrogens is 188 g/mol. The van der Waals surface area contributed by atoms with Gasteiger partial charge in [-0.3, -0.25) is 0 Å². The molecule has 0 saturated carbocycles. The lowest BCUT2D eigenvalue weighted by Crippen LogP contribution is -1.80. The molecule has 0 radical (unpaired) electrons. The van der Waals surface area contributed by atoms with E-state index in [4.69, 9.17) is 0 Å². The van der Waals surface area contributed by atoms with E-state index in [2.05, 4.69) is 21.6 Å². The van der Waals surface area contributed by atoms with Gasteiger partial charge in [-0.05, 0) is 23.6 Å². The summed E-state index contributed by atoms with van der Waals surface area (Å²) in [4.78, 5) is 0. The molecule has 60 valence electrons. The highest BCUT2D eigenvalue weighted by molar-refractivity contribution is 8.01. The lowest BCUT2D eigenvalue weighted by atomic mass is 10.6. The van der Waals surface area contributed by atoms with Crippen molar-refractivity contribution in [2.24, 2.45) is 0 Å². The van der Waals surface area contributed by atoms with Gasteiger partial charge >= 0.3 is 0 Å². The van der Waals surface area contributed by atoms with Crippen LogP contribution < -0.4 is 0 Å². The summed E-state index contributed by atoms with van der Waals surface area (Å²) in [5.74, 6) is 0. The zero-order valence-corrected chi connectivity index (χ0v) is 7.81. The van der Waals surface area contributed by atoms with Crippen LogP contribution in [0.25, 0.3) is 0 Å². The van der Waals surface area contributed by atoms with Crippen LogP contribution in [-0.2, 0) is 0 Å². The van der Waals surface area contributed by atoms with Crippen molar-refractivity contribution in [1.82, 2.24) is 10.2 Å². The monoisotopic (exact) mass is 194 g/mol. The molecule has 0 unspecified atom stereocenters. The molecule has 0 aliphatic rings. The van der Waals surface area contributed by atoms with Crippen LogP contribution in [-0.4, -0.2) is 10.2 Å². The van der Waals surface area contributed by atoms with E-state index in [1.54, 1.807) is 29.3 Å². The van der Waals surface area contributed by atoms with Crippen LogP contribution in [0.2, 0.25) is 0 Å². The molecule has 0 spiro atoms. The second-order valence-electron chi connectivity index (χ2n) is 2.10. The molecule has 4 heteroatoms. The van der Waals surface area contributed by atoms with Crippen LogP contribution in [0, 0.1) is 0 Å². The van der Waals surface area contributed by atoms with Crippen molar-refractivity contribution in [2.45, 2.75) is 9.24 Å². The van der Waals surface area contributed by atoms with Crippen molar-refractivity contribution < 1.29 is 0 Å². The molecule has 0 N–H and O–H groups in total. The molecule has 2 nitrogen and oxygen atoms in total. The Morgan fingerprint density at radius 2 is 2.25 bits per heavy atom. The van der Waals surface area contributed by atoms with Crippen LogP contribution in [0.4, 0.5) is 0 Å². The van der Waals surface area contributed by atoms with Gasteiger partial charge in [-0.1, -0.05) is 17.8 Å². The number of thiophene rings is 1. The zero-order chi connectivity index (χ0) is 8.23. The third-order valence-corrected chi connectivity index (χ3v) is 3.21. The van der Waals surface area contributed by atoms with Crippen molar-refractivity contribution in [3.63, 3.8) is 0 Å². The minimum Gasteiger partial charge on any atom is -0.158 e. The number of rotatable bonds is 2. The third-order valence-electron chi connectivity index (χ3n) is 1.25. The lowest BCUT2D eigenvalue weighted by Gasteiger charge is -1.93. The van der Waals surface area contributed by atoms with Gasteiger partial charge in [0.05, 0.1) is 4.21 Å². The molecular formula is C8H6N2S2. The first-order valence-electron chi connectivity index (χ1n) is 3.44. The summed E-state index contributed by atoms with van der Waals surface area (Å²) in [7, 11) is 0. The average Bonchev–Trinajstić information content (AvgIpc) is 2.59. The van der Waals surface area contributed by atoms with E-state index in [9.17, 15) is 0 Å². The van der Waals surface area contributed by atoms with Gasteiger partial charge in [0.1, 0.15) is 5.03 Å². The number of hydrogen-bond acceptors (Lipinski definition) is 4. The largest absolute Gasteiger partial charge is 0.158 e. The lowest BCUT2D eigenvalue weighted by molar-refractivity contribution is 0.930. The highest BCUT2D eigenvalue weighted by Crippen LogP contribution is 2.28. The molecule has 12 heavy (non-hydrogen) atoms. The van der Waals surface area contributed by atoms with Gasteiger partial charge in [-0.15, -0.1) is 16.4 Å². The summed E-state index contributed by atoms with van der Waals surface area (Å²) in [6.07, 6.45) is 1.68. The predicted molar refractivity (Wildman–Crippen MR) is 50.5 cm³/mol. The first-order valence-corrected chi connectivity index (χ1v) is 5.14. The molecule has 0 aromatic carbocycles. The molecule has 2 aromatic heterocycles. The second kappa shape index (κ2) is 3.69. The van der Waals surface area contributed by atoms with Gasteiger partial charge in [0.25, 0.3) is 0 Å². The predicted octanol–water partition coefficient (Wildman–Crippen LogP) is 2.69. The second-order valence-corrected chi connectivity index (χ2v) is 4.36. The Morgan fingerprint density at radius 3 is 2.92 bits per heavy atom. The Balaban J connectivity index is 2.15. The molecule has 0 atom stereocenters. The fourth-order valence-corrected chi connectivity index (χ4v) is 2.42. The SMILES string of the molecule is c1cnnc(Sc2cccs2)c1. The first-order chi connectivity index (χ1) is 5.95. The van der Waals surface area contributed by atoms with E-state index in [-0.39, 0.29) is 0 Å². The van der Waals surface area contributed by atoms with Gasteiger partial charge in [0, 0.05) is 6.20 Å². The summed E-state index contributed by atoms with van der Waals surface area (Å²) in [5.41, 5.74) is 0. The van der Waals surface area contributed by atoms with E-state index in [0.29, 0.717) is 0 Å². The van der Waals surface area contributed by atoms with Crippen LogP contribution in [0.3, 0.4) is 0 Å². The number of aromatic nitrogens is 2. The molecule has 2 aromatic rings. The standard InChI is InChI=1S/C8H6N2S2/c1-3-7(10-9-5-1)12-8-4-2-6-11-8/h1-6H. The smallest absolute Gasteiger partial charge is 0.124 e. The Kier molecular flexibility index (Phi) is 2.39. The molecule has 2 heterocycles. The summed E-state index contributed by atoms with van der Waals surface area (Å²) in [6, 6.07) is 7.95. The van der Waals surface area contributed by atoms with Crippen LogP contribution in [0.5, 0.6) is 0 Å². The van der Waals surface area contributed by atoms with Crippen LogP contribution >= 0.6 is 23.1 Å². The third kappa shape index (κ3) is 1.84. The Bertz CT molecular complexity index is 331. The first kappa shape index (κ1) is 7.76. The van der Waals surface area contributed by atoms with E-state index < -0.39 is 0 Å². The van der Waals surface area contributed by atoms with Crippen molar-refractivity contribution in [3.05, 3.63) is 35.8 Å². The van der Waals surface area contributed by atoms with Crippen LogP contribution in [0.15, 0.2) is 45.1 Å². The maximum absolute atomic E-state index is 3.97. The van der Waals surface area contributed by atoms with Crippen molar-refractivity contribution in [2.75, 3.05) is 0 Å². The molecule has 2 rings (SSSR count). The van der Waals surface area contributed by atoms with Gasteiger partial charge in [0.15, 0.2) is 0 Å². The maximum Gasteiger partial charge on any atom is 0.124 e. The van der Waals surface area contributed by atoms with Crippen molar-refractivity contribution >= 4 is 23.1 Å². The van der Waals surface area contributed by atoms with E-state index in [1.165, 1.54) is 4.21 Å². The van der Waals surface area contributed by atoms with Crippen LogP contribution in [0.1, 0.15) is 0 Å². The molecule has 0 aliphatic heterocycles. The quantitative estimate of drug-likeness (QED) is 0.735. The normalized spacial score (nSPS) is 10.0. The fraction of sp³-hybridized carbons (Fsp3) is 0. The Morgan fingerprint density at radius 1 is 1.25 bits per heavy atom. The highest BCUT2D eigenvalue weighted by atomic mass is 32.2. The summed E-state index contributed by atoms with van der Waals surface area (Å²) >= 11 is 3.35. The van der Waals surface area contributed by atoms with E-state index in [1.807, 2.05) is 18.2 Å². The molecule has 0 bridgehead atoms. The Hall–Kier alpha value is -0.870. The van der Waals surface area contributed by atoms with E-state index in [0.717, 1.165) is 5.03 Å². The van der Waals surface area contributed by atoms with Gasteiger partial charge < -0.3 is 0 Å². The number of nitrogens with zero attached hydrogens (tertiary/aromatic N) is 2. The van der Waals surface area contributed by atoms with Gasteiger partial charge in [-0.2, -0.15) is 5.10 Å². The zero-order valence-electron chi connectivity index (χ0n) is 6.18. The number of hydrogen-bond donors (Lipinski definition) is 0. The summed E-state index contributed by atoms with van der Waals surface area (Å²) in [6.45, 7) is 0. The van der Waals surface area contributed by atoms with E-state index >= 15 is 0 Å². The summed E-state index contributed by atoms with van der Waals surface area (Å²) < 4.78 is 1.25. The van der Waals surface area contributed by atoms with Crippen molar-refractivity contribution in [1.29, 1.82) is 0 Å². The molecule has 0 fully saturated rings. The highest BCUT2D eigenvalue weighted by Gasteiger charge is 1.97. The fourth-order valence-electron chi connectivity index (χ4n) is 0.766. The topological polar surface area (TPSA) is 25.8 Å². The minimum absolute atomic E-state index is 0.944. The van der Waals surface area contributed by atoms with Gasteiger partial charge in [0.2, 0.25) is 0 Å². The molecule has 0 amide bonds. The summed E-state index contributed by atoms with van der Waals surface area (Å²) in [5, 5.41) is 10.8. The Labute approximate surface area is 78.7 Å². The minimum atomic E-state index is 0.944. The maximum atomic E-state index is 3.97.